The maximum atomic E-state index is 12.8. The molecule has 0 saturated heterocycles. The molecule has 0 fully saturated rings. The molecule has 0 bridgehead atoms. The lowest BCUT2D eigenvalue weighted by Crippen LogP contribution is -2.05. The molecule has 0 unspecified atom stereocenters. The first-order valence-electron chi connectivity index (χ1n) is 7.73. The smallest absolute Gasteiger partial charge is 0.360 e. The summed E-state index contributed by atoms with van der Waals surface area (Å²) in [6, 6.07) is 11.8. The summed E-state index contributed by atoms with van der Waals surface area (Å²) < 4.78 is 38.4. The molecular weight excluding hydrogens is 430 g/mol. The highest BCUT2D eigenvalue weighted by Crippen LogP contribution is 2.32. The largest absolute Gasteiger partial charge is 0.416 e. The zero-order valence-corrected chi connectivity index (χ0v) is 16.2. The molecule has 0 radical (unpaired) electrons. The number of allylic oxidation sites excluding steroid dienone is 1. The molecule has 0 aliphatic heterocycles. The van der Waals surface area contributed by atoms with E-state index < -0.39 is 11.7 Å². The lowest BCUT2D eigenvalue weighted by molar-refractivity contribution is -0.137. The molecule has 0 aliphatic carbocycles. The number of halogens is 5. The predicted octanol–water partition coefficient (Wildman–Crippen LogP) is 7.11. The Labute approximate surface area is 172 Å². The Morgan fingerprint density at radius 2 is 1.93 bits per heavy atom. The van der Waals surface area contributed by atoms with Crippen LogP contribution in [-0.2, 0) is 6.18 Å². The molecule has 142 valence electrons. The van der Waals surface area contributed by atoms with E-state index in [1.54, 1.807) is 23.6 Å². The van der Waals surface area contributed by atoms with Crippen LogP contribution >= 0.6 is 34.5 Å². The zero-order valence-electron chi connectivity index (χ0n) is 13.9. The van der Waals surface area contributed by atoms with Gasteiger partial charge in [-0.25, -0.2) is 4.98 Å². The van der Waals surface area contributed by atoms with Gasteiger partial charge in [0.25, 0.3) is 0 Å². The van der Waals surface area contributed by atoms with Gasteiger partial charge in [0.05, 0.1) is 21.3 Å². The highest BCUT2D eigenvalue weighted by molar-refractivity contribution is 7.11. The van der Waals surface area contributed by atoms with Gasteiger partial charge in [0.15, 0.2) is 0 Å². The van der Waals surface area contributed by atoms with Crippen molar-refractivity contribution in [3.8, 4) is 17.3 Å². The maximum Gasteiger partial charge on any atom is 0.416 e. The third kappa shape index (κ3) is 4.65. The minimum absolute atomic E-state index is 0.189. The molecule has 3 aromatic rings. The number of nitriles is 1. The van der Waals surface area contributed by atoms with Crippen molar-refractivity contribution in [2.24, 2.45) is 0 Å². The average molecular weight is 440 g/mol. The van der Waals surface area contributed by atoms with Crippen LogP contribution in [0.5, 0.6) is 0 Å². The monoisotopic (exact) mass is 439 g/mol. The Morgan fingerprint density at radius 1 is 1.14 bits per heavy atom. The topological polar surface area (TPSA) is 48.7 Å². The highest BCUT2D eigenvalue weighted by Gasteiger charge is 2.30. The van der Waals surface area contributed by atoms with Gasteiger partial charge in [-0.2, -0.15) is 18.4 Å². The van der Waals surface area contributed by atoms with Crippen molar-refractivity contribution in [3.05, 3.63) is 74.7 Å². The first-order chi connectivity index (χ1) is 13.3. The summed E-state index contributed by atoms with van der Waals surface area (Å²) in [5.41, 5.74) is 0.969. The van der Waals surface area contributed by atoms with Gasteiger partial charge < -0.3 is 5.32 Å². The van der Waals surface area contributed by atoms with Gasteiger partial charge in [-0.15, -0.1) is 11.3 Å². The maximum absolute atomic E-state index is 12.8. The number of hydrogen-bond acceptors (Lipinski definition) is 4. The first-order valence-corrected chi connectivity index (χ1v) is 9.37. The van der Waals surface area contributed by atoms with Gasteiger partial charge in [-0.3, -0.25) is 0 Å². The van der Waals surface area contributed by atoms with Crippen LogP contribution in [-0.4, -0.2) is 4.98 Å². The molecule has 1 N–H and O–H groups in total. The van der Waals surface area contributed by atoms with Crippen LogP contribution in [0, 0.1) is 11.3 Å². The van der Waals surface area contributed by atoms with Crippen LogP contribution in [0.3, 0.4) is 0 Å². The summed E-state index contributed by atoms with van der Waals surface area (Å²) >= 11 is 13.1. The van der Waals surface area contributed by atoms with Crippen molar-refractivity contribution < 1.29 is 13.2 Å². The van der Waals surface area contributed by atoms with Crippen LogP contribution < -0.4 is 5.32 Å². The number of nitrogens with one attached hydrogen (secondary N) is 1. The molecule has 0 atom stereocenters. The molecule has 3 rings (SSSR count). The second kappa shape index (κ2) is 8.23. The Kier molecular flexibility index (Phi) is 5.94. The summed E-state index contributed by atoms with van der Waals surface area (Å²) in [4.78, 5) is 4.40. The van der Waals surface area contributed by atoms with E-state index in [2.05, 4.69) is 10.3 Å². The fourth-order valence-corrected chi connectivity index (χ4v) is 3.36. The van der Waals surface area contributed by atoms with Crippen molar-refractivity contribution in [1.29, 1.82) is 5.26 Å². The third-order valence-corrected chi connectivity index (χ3v) is 5.26. The van der Waals surface area contributed by atoms with Crippen LogP contribution in [0.1, 0.15) is 10.6 Å². The fraction of sp³-hybridized carbons (Fsp3) is 0.0526. The van der Waals surface area contributed by atoms with Crippen molar-refractivity contribution in [1.82, 2.24) is 4.98 Å². The summed E-state index contributed by atoms with van der Waals surface area (Å²) in [7, 11) is 0. The third-order valence-electron chi connectivity index (χ3n) is 3.64. The summed E-state index contributed by atoms with van der Waals surface area (Å²) in [5.74, 6) is 0. The quantitative estimate of drug-likeness (QED) is 0.440. The predicted molar refractivity (Wildman–Crippen MR) is 106 cm³/mol. The number of alkyl halides is 3. The second-order valence-corrected chi connectivity index (χ2v) is 7.23. The van der Waals surface area contributed by atoms with Crippen molar-refractivity contribution in [2.75, 3.05) is 5.32 Å². The van der Waals surface area contributed by atoms with E-state index in [1.807, 2.05) is 6.07 Å². The number of nitrogens with zero attached hydrogens (tertiary/aromatic N) is 2. The molecule has 0 spiro atoms. The van der Waals surface area contributed by atoms with Gasteiger partial charge in [0.2, 0.25) is 0 Å². The van der Waals surface area contributed by atoms with Crippen molar-refractivity contribution in [3.63, 3.8) is 0 Å². The number of thiazole rings is 1. The number of rotatable bonds is 4. The Hall–Kier alpha value is -2.53. The fourth-order valence-electron chi connectivity index (χ4n) is 2.27. The lowest BCUT2D eigenvalue weighted by Gasteiger charge is -2.08. The van der Waals surface area contributed by atoms with Gasteiger partial charge in [0, 0.05) is 22.8 Å². The standard InChI is InChI=1S/C19H10Cl2F3N3S/c20-15-5-4-11(6-16(15)21)17-10-28-18(27-17)12(8-25)9-26-14-3-1-2-13(7-14)19(22,23)24/h1-7,9-10,26H/b12-9+. The van der Waals surface area contributed by atoms with E-state index in [1.165, 1.54) is 29.7 Å². The Balaban J connectivity index is 1.83. The molecular formula is C19H10Cl2F3N3S. The summed E-state index contributed by atoms with van der Waals surface area (Å²) in [5, 5.41) is 15.1. The molecule has 9 heteroatoms. The van der Waals surface area contributed by atoms with Crippen LogP contribution in [0.2, 0.25) is 10.0 Å². The van der Waals surface area contributed by atoms with E-state index in [0.717, 1.165) is 17.7 Å². The number of hydrogen-bond donors (Lipinski definition) is 1. The van der Waals surface area contributed by atoms with E-state index in [-0.39, 0.29) is 11.3 Å². The Morgan fingerprint density at radius 3 is 2.61 bits per heavy atom. The van der Waals surface area contributed by atoms with Crippen molar-refractivity contribution >= 4 is 45.8 Å². The molecule has 0 amide bonds. The molecule has 2 aromatic carbocycles. The van der Waals surface area contributed by atoms with Gasteiger partial charge in [0.1, 0.15) is 16.6 Å². The number of benzene rings is 2. The highest BCUT2D eigenvalue weighted by atomic mass is 35.5. The van der Waals surface area contributed by atoms with Gasteiger partial charge >= 0.3 is 6.18 Å². The minimum Gasteiger partial charge on any atom is -0.360 e. The molecule has 0 saturated carbocycles. The minimum atomic E-state index is -4.44. The first kappa shape index (κ1) is 20.2. The van der Waals surface area contributed by atoms with Crippen LogP contribution in [0.25, 0.3) is 16.8 Å². The SMILES string of the molecule is N#C/C(=C\Nc1cccc(C(F)(F)F)c1)c1nc(-c2ccc(Cl)c(Cl)c2)cs1. The normalized spacial score (nSPS) is 11.9. The zero-order chi connectivity index (χ0) is 20.3. The van der Waals surface area contributed by atoms with Crippen LogP contribution in [0.4, 0.5) is 18.9 Å². The van der Waals surface area contributed by atoms with Crippen molar-refractivity contribution in [2.45, 2.75) is 6.18 Å². The average Bonchev–Trinajstić information content (AvgIpc) is 3.14. The number of aromatic nitrogens is 1. The lowest BCUT2D eigenvalue weighted by atomic mass is 10.2. The van der Waals surface area contributed by atoms with E-state index in [0.29, 0.717) is 20.7 Å². The summed E-state index contributed by atoms with van der Waals surface area (Å²) in [6.45, 7) is 0. The van der Waals surface area contributed by atoms with Gasteiger partial charge in [-0.1, -0.05) is 35.3 Å². The summed E-state index contributed by atoms with van der Waals surface area (Å²) in [6.07, 6.45) is -3.11. The van der Waals surface area contributed by atoms with E-state index in [4.69, 9.17) is 23.2 Å². The number of anilines is 1. The molecule has 1 heterocycles. The molecule has 1 aromatic heterocycles. The van der Waals surface area contributed by atoms with E-state index >= 15 is 0 Å². The van der Waals surface area contributed by atoms with E-state index in [9.17, 15) is 18.4 Å². The van der Waals surface area contributed by atoms with Crippen LogP contribution in [0.15, 0.2) is 54.0 Å². The Bertz CT molecular complexity index is 1080. The molecule has 28 heavy (non-hydrogen) atoms. The molecule has 3 nitrogen and oxygen atoms in total. The van der Waals surface area contributed by atoms with Gasteiger partial charge in [-0.05, 0) is 30.3 Å². The molecule has 0 aliphatic rings. The second-order valence-electron chi connectivity index (χ2n) is 5.56.